The Balaban J connectivity index is 0.00000261. The van der Waals surface area contributed by atoms with Crippen molar-refractivity contribution in [2.45, 2.75) is 19.9 Å². The van der Waals surface area contributed by atoms with Crippen LogP contribution in [0, 0.1) is 0 Å². The van der Waals surface area contributed by atoms with Gasteiger partial charge in [0.1, 0.15) is 5.00 Å². The van der Waals surface area contributed by atoms with E-state index in [0.29, 0.717) is 26.2 Å². The van der Waals surface area contributed by atoms with Crippen LogP contribution >= 0.6 is 46.9 Å². The number of methoxy groups -OCH3 is 1. The van der Waals surface area contributed by atoms with Gasteiger partial charge in [-0.15, -0.1) is 23.7 Å². The number of ether oxygens (including phenoxy) is 1. The molecule has 1 aliphatic rings. The third-order valence-electron chi connectivity index (χ3n) is 4.32. The fraction of sp³-hybridized carbons (Fsp3) is 0.333. The SMILES string of the molecule is CCN1CCc2c(sc(NC(=O)c3cc(Cl)cc(Cl)c3)c2C(=O)OC)C1.Cl. The standard InChI is InChI=1S/C18H18Cl2N2O3S.ClH/c1-3-22-5-4-13-14(9-22)26-17(15(13)18(24)25-2)21-16(23)10-6-11(19)8-12(20)7-10;/h6-8H,3-5,9H2,1-2H3,(H,21,23);1H. The van der Waals surface area contributed by atoms with E-state index < -0.39 is 5.97 Å². The van der Waals surface area contributed by atoms with Gasteiger partial charge in [-0.3, -0.25) is 9.69 Å². The quantitative estimate of drug-likeness (QED) is 0.675. The maximum Gasteiger partial charge on any atom is 0.341 e. The lowest BCUT2D eigenvalue weighted by Crippen LogP contribution is -2.29. The van der Waals surface area contributed by atoms with Crippen molar-refractivity contribution in [1.29, 1.82) is 0 Å². The van der Waals surface area contributed by atoms with Crippen molar-refractivity contribution >= 4 is 63.8 Å². The van der Waals surface area contributed by atoms with Gasteiger partial charge in [0.15, 0.2) is 0 Å². The normalized spacial score (nSPS) is 13.5. The molecule has 0 unspecified atom stereocenters. The predicted molar refractivity (Wildman–Crippen MR) is 112 cm³/mol. The lowest BCUT2D eigenvalue weighted by molar-refractivity contribution is 0.0600. The molecule has 27 heavy (non-hydrogen) atoms. The predicted octanol–water partition coefficient (Wildman–Crippen LogP) is 4.89. The number of anilines is 1. The highest BCUT2D eigenvalue weighted by Gasteiger charge is 2.29. The Bertz CT molecular complexity index is 850. The van der Waals surface area contributed by atoms with E-state index in [4.69, 9.17) is 27.9 Å². The van der Waals surface area contributed by atoms with Gasteiger partial charge in [-0.2, -0.15) is 0 Å². The molecular formula is C18H19Cl3N2O3S. The van der Waals surface area contributed by atoms with Gasteiger partial charge in [0.05, 0.1) is 12.7 Å². The highest BCUT2D eigenvalue weighted by Crippen LogP contribution is 2.38. The number of carbonyl (C=O) groups excluding carboxylic acids is 2. The van der Waals surface area contributed by atoms with Gasteiger partial charge in [-0.1, -0.05) is 30.1 Å². The number of likely N-dealkylation sites (N-methyl/N-ethyl adjacent to an activating group) is 1. The number of rotatable bonds is 4. The highest BCUT2D eigenvalue weighted by atomic mass is 35.5. The number of carbonyl (C=O) groups is 2. The zero-order valence-corrected chi connectivity index (χ0v) is 17.9. The molecule has 0 spiro atoms. The topological polar surface area (TPSA) is 58.6 Å². The van der Waals surface area contributed by atoms with Crippen LogP contribution in [0.4, 0.5) is 5.00 Å². The first-order valence-electron chi connectivity index (χ1n) is 8.15. The van der Waals surface area contributed by atoms with E-state index in [-0.39, 0.29) is 18.3 Å². The average molecular weight is 450 g/mol. The number of hydrogen-bond acceptors (Lipinski definition) is 5. The van der Waals surface area contributed by atoms with Crippen molar-refractivity contribution in [1.82, 2.24) is 4.90 Å². The summed E-state index contributed by atoms with van der Waals surface area (Å²) >= 11 is 13.4. The molecule has 0 saturated carbocycles. The molecule has 3 rings (SSSR count). The summed E-state index contributed by atoms with van der Waals surface area (Å²) in [5.74, 6) is -0.808. The van der Waals surface area contributed by atoms with Gasteiger partial charge in [-0.25, -0.2) is 4.79 Å². The van der Waals surface area contributed by atoms with E-state index in [1.165, 1.54) is 30.6 Å². The molecule has 1 N–H and O–H groups in total. The van der Waals surface area contributed by atoms with Crippen molar-refractivity contribution in [2.75, 3.05) is 25.5 Å². The van der Waals surface area contributed by atoms with E-state index in [2.05, 4.69) is 17.1 Å². The monoisotopic (exact) mass is 448 g/mol. The van der Waals surface area contributed by atoms with Gasteiger partial charge in [0.25, 0.3) is 5.91 Å². The first-order valence-corrected chi connectivity index (χ1v) is 9.72. The van der Waals surface area contributed by atoms with Crippen molar-refractivity contribution in [3.63, 3.8) is 0 Å². The van der Waals surface area contributed by atoms with Gasteiger partial charge in [0, 0.05) is 33.6 Å². The first kappa shape index (κ1) is 22.0. The van der Waals surface area contributed by atoms with Crippen LogP contribution in [0.15, 0.2) is 18.2 Å². The average Bonchev–Trinajstić information content (AvgIpc) is 2.96. The number of halogens is 3. The summed E-state index contributed by atoms with van der Waals surface area (Å²) in [5.41, 5.74) is 1.75. The highest BCUT2D eigenvalue weighted by molar-refractivity contribution is 7.17. The zero-order chi connectivity index (χ0) is 18.8. The second-order valence-corrected chi connectivity index (χ2v) is 7.91. The largest absolute Gasteiger partial charge is 0.465 e. The number of fused-ring (bicyclic) bond motifs is 1. The Morgan fingerprint density at radius 2 is 1.93 bits per heavy atom. The Labute approximate surface area is 178 Å². The summed E-state index contributed by atoms with van der Waals surface area (Å²) in [5, 5.41) is 4.08. The number of nitrogens with one attached hydrogen (secondary N) is 1. The third-order valence-corrected chi connectivity index (χ3v) is 5.89. The van der Waals surface area contributed by atoms with Crippen molar-refractivity contribution in [2.24, 2.45) is 0 Å². The molecule has 0 atom stereocenters. The van der Waals surface area contributed by atoms with E-state index in [1.807, 2.05) is 0 Å². The van der Waals surface area contributed by atoms with Crippen LogP contribution in [0.5, 0.6) is 0 Å². The Hall–Kier alpha value is -1.31. The number of amides is 1. The molecule has 1 aromatic heterocycles. The van der Waals surface area contributed by atoms with E-state index >= 15 is 0 Å². The number of benzene rings is 1. The molecule has 2 aromatic rings. The summed E-state index contributed by atoms with van der Waals surface area (Å²) in [7, 11) is 1.34. The van der Waals surface area contributed by atoms with Gasteiger partial charge >= 0.3 is 5.97 Å². The summed E-state index contributed by atoms with van der Waals surface area (Å²) in [6.45, 7) is 4.68. The molecule has 146 valence electrons. The van der Waals surface area contributed by atoms with Crippen LogP contribution in [0.25, 0.3) is 0 Å². The number of thiophene rings is 1. The van der Waals surface area contributed by atoms with Crippen molar-refractivity contribution in [3.05, 3.63) is 49.8 Å². The van der Waals surface area contributed by atoms with Gasteiger partial charge < -0.3 is 10.1 Å². The molecule has 2 heterocycles. The van der Waals surface area contributed by atoms with E-state index in [1.54, 1.807) is 6.07 Å². The molecule has 0 fully saturated rings. The minimum absolute atomic E-state index is 0. The summed E-state index contributed by atoms with van der Waals surface area (Å²) in [6.07, 6.45) is 0.753. The summed E-state index contributed by atoms with van der Waals surface area (Å²) < 4.78 is 4.94. The molecule has 9 heteroatoms. The zero-order valence-electron chi connectivity index (χ0n) is 14.8. The second-order valence-electron chi connectivity index (χ2n) is 5.93. The molecule has 0 bridgehead atoms. The summed E-state index contributed by atoms with van der Waals surface area (Å²) in [4.78, 5) is 28.3. The number of esters is 1. The number of nitrogens with zero attached hydrogens (tertiary/aromatic N) is 1. The second kappa shape index (κ2) is 9.26. The maximum absolute atomic E-state index is 12.6. The van der Waals surface area contributed by atoms with Crippen LogP contribution in [0.2, 0.25) is 10.0 Å². The Morgan fingerprint density at radius 1 is 1.26 bits per heavy atom. The van der Waals surface area contributed by atoms with Crippen LogP contribution in [0.1, 0.15) is 38.1 Å². The molecule has 0 radical (unpaired) electrons. The van der Waals surface area contributed by atoms with Gasteiger partial charge in [-0.05, 0) is 36.7 Å². The van der Waals surface area contributed by atoms with Crippen LogP contribution in [-0.2, 0) is 17.7 Å². The maximum atomic E-state index is 12.6. The minimum atomic E-state index is -0.438. The molecule has 1 amide bonds. The molecule has 0 aliphatic carbocycles. The molecule has 0 saturated heterocycles. The van der Waals surface area contributed by atoms with Crippen LogP contribution in [0.3, 0.4) is 0 Å². The van der Waals surface area contributed by atoms with E-state index in [9.17, 15) is 9.59 Å². The fourth-order valence-electron chi connectivity index (χ4n) is 2.99. The van der Waals surface area contributed by atoms with Crippen molar-refractivity contribution in [3.8, 4) is 0 Å². The summed E-state index contributed by atoms with van der Waals surface area (Å²) in [6, 6.07) is 4.63. The molecule has 5 nitrogen and oxygen atoms in total. The minimum Gasteiger partial charge on any atom is -0.465 e. The van der Waals surface area contributed by atoms with Crippen LogP contribution in [-0.4, -0.2) is 37.0 Å². The third kappa shape index (κ3) is 4.76. The van der Waals surface area contributed by atoms with Crippen molar-refractivity contribution < 1.29 is 14.3 Å². The van der Waals surface area contributed by atoms with Gasteiger partial charge in [0.2, 0.25) is 0 Å². The van der Waals surface area contributed by atoms with E-state index in [0.717, 1.165) is 36.5 Å². The Kier molecular flexibility index (Phi) is 7.54. The smallest absolute Gasteiger partial charge is 0.341 e. The molecule has 1 aliphatic heterocycles. The number of hydrogen-bond donors (Lipinski definition) is 1. The molecular weight excluding hydrogens is 431 g/mol. The lowest BCUT2D eigenvalue weighted by atomic mass is 10.0. The fourth-order valence-corrected chi connectivity index (χ4v) is 4.79. The first-order chi connectivity index (χ1) is 12.4. The van der Waals surface area contributed by atoms with Crippen LogP contribution < -0.4 is 5.32 Å². The molecule has 1 aromatic carbocycles. The lowest BCUT2D eigenvalue weighted by Gasteiger charge is -2.25. The Morgan fingerprint density at radius 3 is 2.52 bits per heavy atom.